The van der Waals surface area contributed by atoms with Crippen LogP contribution in [0.3, 0.4) is 0 Å². The van der Waals surface area contributed by atoms with E-state index in [1.54, 1.807) is 4.90 Å². The molecule has 2 aromatic carbocycles. The molecule has 2 aliphatic heterocycles. The van der Waals surface area contributed by atoms with E-state index in [0.717, 1.165) is 37.3 Å². The summed E-state index contributed by atoms with van der Waals surface area (Å²) in [5.74, 6) is -2.65. The molecule has 10 heteroatoms. The molecule has 0 unspecified atom stereocenters. The van der Waals surface area contributed by atoms with E-state index in [0.29, 0.717) is 25.1 Å². The van der Waals surface area contributed by atoms with E-state index in [2.05, 4.69) is 39.5 Å². The largest absolute Gasteiger partial charge is 0.465 e. The van der Waals surface area contributed by atoms with Crippen molar-refractivity contribution in [3.63, 3.8) is 0 Å². The molecule has 3 fully saturated rings. The predicted octanol–water partition coefficient (Wildman–Crippen LogP) is 7.77. The molecule has 0 bridgehead atoms. The zero-order valence-corrected chi connectivity index (χ0v) is 31.8. The molecular weight excluding hydrogens is 650 g/mol. The number of benzene rings is 2. The van der Waals surface area contributed by atoms with Crippen molar-refractivity contribution >= 4 is 17.9 Å². The molecule has 5 rings (SSSR count). The summed E-state index contributed by atoms with van der Waals surface area (Å²) in [6, 6.07) is 12.2. The van der Waals surface area contributed by atoms with Gasteiger partial charge in [-0.3, -0.25) is 14.5 Å². The Labute approximate surface area is 303 Å². The minimum absolute atomic E-state index is 0.0225. The first-order chi connectivity index (χ1) is 23.7. The maximum atomic E-state index is 15.4. The number of amides is 3. The van der Waals surface area contributed by atoms with Crippen LogP contribution < -0.4 is 0 Å². The number of likely N-dealkylation sites (tertiary alicyclic amines) is 2. The average Bonchev–Trinajstić information content (AvgIpc) is 3.67. The van der Waals surface area contributed by atoms with Crippen LogP contribution in [0.1, 0.15) is 105 Å². The van der Waals surface area contributed by atoms with Gasteiger partial charge in [0.15, 0.2) is 0 Å². The standard InChI is InChI=1S/C41H58F2N4O4/c1-39(2,3)37(49)47(29-16-18-41(7,8)19-17-29)31-21-30(23-44(38(50)51)22-27-12-10-9-11-13-27)46(24-31)36(48)34-26-45(40(4,5)6)25-33(34)32-15-14-28(42)20-35(32)43/h9-15,20,29-31,33-34H,16-19,21-26H2,1-8H3,(H,50,51)/t30-,31-,33-,34+/m0/s1. The Hall–Kier alpha value is -3.53. The van der Waals surface area contributed by atoms with E-state index in [1.807, 2.05) is 56.0 Å². The quantitative estimate of drug-likeness (QED) is 0.303. The van der Waals surface area contributed by atoms with Crippen molar-refractivity contribution < 1.29 is 28.3 Å². The average molecular weight is 709 g/mol. The molecule has 0 aromatic heterocycles. The minimum Gasteiger partial charge on any atom is -0.465 e. The lowest BCUT2D eigenvalue weighted by atomic mass is 9.74. The Bertz CT molecular complexity index is 1560. The van der Waals surface area contributed by atoms with Crippen molar-refractivity contribution in [3.05, 3.63) is 71.3 Å². The van der Waals surface area contributed by atoms with Crippen LogP contribution in [0, 0.1) is 28.4 Å². The van der Waals surface area contributed by atoms with E-state index in [9.17, 15) is 19.1 Å². The minimum atomic E-state index is -1.09. The summed E-state index contributed by atoms with van der Waals surface area (Å²) in [6.45, 7) is 17.8. The number of nitrogens with zero attached hydrogens (tertiary/aromatic N) is 4. The lowest BCUT2D eigenvalue weighted by Crippen LogP contribution is -2.54. The molecule has 0 radical (unpaired) electrons. The highest BCUT2D eigenvalue weighted by atomic mass is 19.1. The first kappa shape index (κ1) is 38.7. The first-order valence-corrected chi connectivity index (χ1v) is 18.6. The van der Waals surface area contributed by atoms with E-state index in [4.69, 9.17) is 0 Å². The SMILES string of the molecule is CC1(C)CCC(N(C(=O)C(C)(C)C)[C@H]2C[C@@H](CN(Cc3ccccc3)C(=O)O)N(C(=O)[C@@H]3CN(C(C)(C)C)C[C@H]3c3ccc(F)cc3F)C2)CC1. The highest BCUT2D eigenvalue weighted by Gasteiger charge is 2.50. The first-order valence-electron chi connectivity index (χ1n) is 18.6. The van der Waals surface area contributed by atoms with Crippen LogP contribution in [-0.2, 0) is 16.1 Å². The maximum absolute atomic E-state index is 15.4. The lowest BCUT2D eigenvalue weighted by molar-refractivity contribution is -0.147. The molecule has 1 saturated carbocycles. The van der Waals surface area contributed by atoms with Crippen molar-refractivity contribution in [2.75, 3.05) is 26.2 Å². The van der Waals surface area contributed by atoms with E-state index in [1.165, 1.54) is 17.0 Å². The van der Waals surface area contributed by atoms with Gasteiger partial charge in [-0.2, -0.15) is 0 Å². The van der Waals surface area contributed by atoms with Gasteiger partial charge in [0.2, 0.25) is 11.8 Å². The highest BCUT2D eigenvalue weighted by Crippen LogP contribution is 2.43. The molecular formula is C41H58F2N4O4. The second-order valence-electron chi connectivity index (χ2n) is 18.0. The van der Waals surface area contributed by atoms with Gasteiger partial charge in [-0.25, -0.2) is 13.6 Å². The monoisotopic (exact) mass is 708 g/mol. The molecule has 1 N–H and O–H groups in total. The number of rotatable bonds is 8. The number of hydrogen-bond acceptors (Lipinski definition) is 4. The molecule has 8 nitrogen and oxygen atoms in total. The van der Waals surface area contributed by atoms with Crippen LogP contribution in [0.15, 0.2) is 48.5 Å². The summed E-state index contributed by atoms with van der Waals surface area (Å²) in [4.78, 5) is 49.4. The second-order valence-corrected chi connectivity index (χ2v) is 18.0. The molecule has 1 aliphatic carbocycles. The maximum Gasteiger partial charge on any atom is 0.407 e. The number of halogens is 2. The molecule has 4 atom stereocenters. The molecule has 2 heterocycles. The molecule has 2 saturated heterocycles. The molecule has 280 valence electrons. The van der Waals surface area contributed by atoms with Crippen molar-refractivity contribution in [3.8, 4) is 0 Å². The third-order valence-electron chi connectivity index (χ3n) is 11.5. The van der Waals surface area contributed by atoms with E-state index >= 15 is 9.18 Å². The number of hydrogen-bond donors (Lipinski definition) is 1. The highest BCUT2D eigenvalue weighted by molar-refractivity contribution is 5.84. The van der Waals surface area contributed by atoms with E-state index < -0.39 is 41.0 Å². The number of carboxylic acid groups (broad SMARTS) is 1. The number of carbonyl (C=O) groups is 3. The van der Waals surface area contributed by atoms with Crippen LogP contribution >= 0.6 is 0 Å². The van der Waals surface area contributed by atoms with Gasteiger partial charge in [-0.1, -0.05) is 71.0 Å². The normalized spacial score (nSPS) is 24.5. The van der Waals surface area contributed by atoms with Crippen LogP contribution in [0.2, 0.25) is 0 Å². The molecule has 2 aromatic rings. The van der Waals surface area contributed by atoms with Crippen LogP contribution in [0.25, 0.3) is 0 Å². The van der Waals surface area contributed by atoms with Gasteiger partial charge in [0, 0.05) is 61.7 Å². The van der Waals surface area contributed by atoms with Crippen LogP contribution in [0.5, 0.6) is 0 Å². The van der Waals surface area contributed by atoms with Crippen molar-refractivity contribution in [2.45, 2.75) is 124 Å². The topological polar surface area (TPSA) is 84.4 Å². The predicted molar refractivity (Wildman–Crippen MR) is 195 cm³/mol. The summed E-state index contributed by atoms with van der Waals surface area (Å²) in [5, 5.41) is 10.4. The fourth-order valence-corrected chi connectivity index (χ4v) is 8.42. The van der Waals surface area contributed by atoms with Gasteiger partial charge in [-0.05, 0) is 75.5 Å². The smallest absolute Gasteiger partial charge is 0.407 e. The van der Waals surface area contributed by atoms with Crippen molar-refractivity contribution in [1.29, 1.82) is 0 Å². The van der Waals surface area contributed by atoms with Gasteiger partial charge in [-0.15, -0.1) is 0 Å². The Morgan fingerprint density at radius 2 is 1.55 bits per heavy atom. The Morgan fingerprint density at radius 1 is 0.902 bits per heavy atom. The van der Waals surface area contributed by atoms with Crippen LogP contribution in [0.4, 0.5) is 13.6 Å². The summed E-state index contributed by atoms with van der Waals surface area (Å²) in [5.41, 5.74) is 0.379. The third-order valence-corrected chi connectivity index (χ3v) is 11.5. The summed E-state index contributed by atoms with van der Waals surface area (Å²) in [6.07, 6.45) is 3.08. The summed E-state index contributed by atoms with van der Waals surface area (Å²) >= 11 is 0. The fraction of sp³-hybridized carbons (Fsp3) is 0.634. The summed E-state index contributed by atoms with van der Waals surface area (Å²) < 4.78 is 29.5. The van der Waals surface area contributed by atoms with Crippen LogP contribution in [-0.4, -0.2) is 92.5 Å². The second kappa shape index (κ2) is 14.8. The number of carbonyl (C=O) groups excluding carboxylic acids is 2. The van der Waals surface area contributed by atoms with Gasteiger partial charge in [0.05, 0.1) is 18.0 Å². The summed E-state index contributed by atoms with van der Waals surface area (Å²) in [7, 11) is 0. The van der Waals surface area contributed by atoms with E-state index in [-0.39, 0.29) is 54.5 Å². The van der Waals surface area contributed by atoms with Gasteiger partial charge < -0.3 is 19.8 Å². The molecule has 51 heavy (non-hydrogen) atoms. The molecule has 0 spiro atoms. The van der Waals surface area contributed by atoms with Gasteiger partial charge in [0.1, 0.15) is 11.6 Å². The Kier molecular flexibility index (Phi) is 11.3. The Balaban J connectivity index is 1.53. The van der Waals surface area contributed by atoms with Crippen molar-refractivity contribution in [1.82, 2.24) is 19.6 Å². The Morgan fingerprint density at radius 3 is 2.12 bits per heavy atom. The fourth-order valence-electron chi connectivity index (χ4n) is 8.42. The molecule has 3 aliphatic rings. The van der Waals surface area contributed by atoms with Crippen molar-refractivity contribution in [2.24, 2.45) is 16.7 Å². The van der Waals surface area contributed by atoms with Gasteiger partial charge >= 0.3 is 6.09 Å². The molecule has 3 amide bonds. The third kappa shape index (κ3) is 8.93. The lowest BCUT2D eigenvalue weighted by Gasteiger charge is -2.45. The zero-order chi connectivity index (χ0) is 37.5. The zero-order valence-electron chi connectivity index (χ0n) is 31.8. The van der Waals surface area contributed by atoms with Gasteiger partial charge in [0.25, 0.3) is 0 Å².